The van der Waals surface area contributed by atoms with E-state index in [4.69, 9.17) is 4.43 Å². The van der Waals surface area contributed by atoms with Crippen LogP contribution < -0.4 is 0 Å². The first-order chi connectivity index (χ1) is 8.18. The zero-order valence-electron chi connectivity index (χ0n) is 10.8. The quantitative estimate of drug-likeness (QED) is 0.429. The lowest BCUT2D eigenvalue weighted by atomic mass is 9.69. The molecule has 3 atom stereocenters. The van der Waals surface area contributed by atoms with Crippen molar-refractivity contribution in [2.45, 2.75) is 56.7 Å². The molecule has 1 saturated heterocycles. The van der Waals surface area contributed by atoms with Gasteiger partial charge in [-0.2, -0.15) is 0 Å². The fourth-order valence-corrected chi connectivity index (χ4v) is 3.84. The topological polar surface area (TPSA) is 87.1 Å². The molecule has 0 aromatic heterocycles. The molecule has 1 heterocycles. The molecule has 0 aromatic rings. The van der Waals surface area contributed by atoms with Gasteiger partial charge in [-0.25, -0.2) is 5.06 Å². The van der Waals surface area contributed by atoms with E-state index in [0.29, 0.717) is 5.06 Å². The number of rotatable bonds is 2. The molecule has 1 spiro atoms. The molecule has 2 rings (SSSR count). The van der Waals surface area contributed by atoms with Gasteiger partial charge in [0.05, 0.1) is 6.10 Å². The normalized spacial score (nSPS) is 37.1. The SMILES string of the molecule is C[Si](C)(C)OC1CC(=O)CCC12C(O)C(=O)N2O. The monoisotopic (exact) mass is 273 g/mol. The van der Waals surface area contributed by atoms with Gasteiger partial charge in [-0.3, -0.25) is 14.8 Å². The third-order valence-electron chi connectivity index (χ3n) is 3.58. The Kier molecular flexibility index (Phi) is 3.13. The maximum absolute atomic E-state index is 11.6. The Balaban J connectivity index is 2.27. The van der Waals surface area contributed by atoms with Gasteiger partial charge in [0, 0.05) is 12.8 Å². The molecule has 102 valence electrons. The van der Waals surface area contributed by atoms with Crippen LogP contribution in [0.5, 0.6) is 0 Å². The van der Waals surface area contributed by atoms with Crippen LogP contribution in [-0.2, 0) is 14.0 Å². The summed E-state index contributed by atoms with van der Waals surface area (Å²) in [6, 6.07) is 0. The number of amides is 1. The van der Waals surface area contributed by atoms with Gasteiger partial charge in [-0.05, 0) is 26.1 Å². The molecule has 1 saturated carbocycles. The first-order valence-electron chi connectivity index (χ1n) is 6.09. The standard InChI is InChI=1S/C11H19NO5Si/c1-18(2,3)17-8-6-7(13)4-5-11(8)9(14)10(15)12(11)16/h8-9,14,16H,4-6H2,1-3H3. The summed E-state index contributed by atoms with van der Waals surface area (Å²) in [5.74, 6) is -0.669. The van der Waals surface area contributed by atoms with Crippen LogP contribution >= 0.6 is 0 Å². The minimum Gasteiger partial charge on any atom is -0.412 e. The van der Waals surface area contributed by atoms with E-state index in [1.807, 2.05) is 19.6 Å². The third-order valence-corrected chi connectivity index (χ3v) is 4.57. The molecule has 1 amide bonds. The molecule has 0 aromatic carbocycles. The number of Topliss-reactive ketones (excluding diaryl/α,β-unsaturated/α-hetero) is 1. The molecule has 2 N–H and O–H groups in total. The Morgan fingerprint density at radius 1 is 1.39 bits per heavy atom. The average molecular weight is 273 g/mol. The lowest BCUT2D eigenvalue weighted by Crippen LogP contribution is -2.79. The van der Waals surface area contributed by atoms with E-state index < -0.39 is 32.0 Å². The first kappa shape index (κ1) is 13.7. The van der Waals surface area contributed by atoms with Crippen LogP contribution in [0.25, 0.3) is 0 Å². The van der Waals surface area contributed by atoms with Crippen molar-refractivity contribution in [3.8, 4) is 0 Å². The predicted octanol–water partition coefficient (Wildman–Crippen LogP) is 0.291. The molecule has 3 unspecified atom stereocenters. The van der Waals surface area contributed by atoms with Crippen molar-refractivity contribution in [3.05, 3.63) is 0 Å². The van der Waals surface area contributed by atoms with Crippen molar-refractivity contribution in [2.75, 3.05) is 0 Å². The molecule has 7 heteroatoms. The highest BCUT2D eigenvalue weighted by Gasteiger charge is 2.66. The van der Waals surface area contributed by atoms with Gasteiger partial charge in [-0.15, -0.1) is 0 Å². The Morgan fingerprint density at radius 2 is 2.00 bits per heavy atom. The predicted molar refractivity (Wildman–Crippen MR) is 64.4 cm³/mol. The number of nitrogens with zero attached hydrogens (tertiary/aromatic N) is 1. The molecule has 0 radical (unpaired) electrons. The lowest BCUT2D eigenvalue weighted by Gasteiger charge is -2.57. The van der Waals surface area contributed by atoms with Crippen molar-refractivity contribution in [2.24, 2.45) is 0 Å². The van der Waals surface area contributed by atoms with E-state index in [1.54, 1.807) is 0 Å². The van der Waals surface area contributed by atoms with Crippen LogP contribution in [0.3, 0.4) is 0 Å². The highest BCUT2D eigenvalue weighted by Crippen LogP contribution is 2.44. The van der Waals surface area contributed by atoms with E-state index in [2.05, 4.69) is 0 Å². The zero-order chi connectivity index (χ0) is 13.7. The van der Waals surface area contributed by atoms with Crippen molar-refractivity contribution in [1.29, 1.82) is 0 Å². The molecule has 1 aliphatic heterocycles. The van der Waals surface area contributed by atoms with Gasteiger partial charge in [0.2, 0.25) is 0 Å². The number of hydrogen-bond donors (Lipinski definition) is 2. The van der Waals surface area contributed by atoms with Gasteiger partial charge in [0.25, 0.3) is 5.91 Å². The third kappa shape index (κ3) is 1.91. The summed E-state index contributed by atoms with van der Waals surface area (Å²) in [7, 11) is -1.94. The highest BCUT2D eigenvalue weighted by molar-refractivity contribution is 6.69. The van der Waals surface area contributed by atoms with E-state index in [9.17, 15) is 19.9 Å². The Hall–Kier alpha value is -0.763. The van der Waals surface area contributed by atoms with Gasteiger partial charge in [0.15, 0.2) is 14.4 Å². The Bertz CT molecular complexity index is 379. The summed E-state index contributed by atoms with van der Waals surface area (Å²) in [4.78, 5) is 22.9. The number of hydrogen-bond acceptors (Lipinski definition) is 5. The van der Waals surface area contributed by atoms with Crippen LogP contribution in [0.4, 0.5) is 0 Å². The second kappa shape index (κ2) is 4.12. The number of aliphatic hydroxyl groups is 1. The Labute approximate surface area is 107 Å². The Morgan fingerprint density at radius 3 is 2.50 bits per heavy atom. The van der Waals surface area contributed by atoms with Crippen molar-refractivity contribution in [1.82, 2.24) is 5.06 Å². The molecule has 0 bridgehead atoms. The average Bonchev–Trinajstić information content (AvgIpc) is 2.25. The van der Waals surface area contributed by atoms with Gasteiger partial charge in [0.1, 0.15) is 11.3 Å². The fraction of sp³-hybridized carbons (Fsp3) is 0.818. The van der Waals surface area contributed by atoms with Gasteiger partial charge in [-0.1, -0.05) is 0 Å². The van der Waals surface area contributed by atoms with E-state index in [-0.39, 0.29) is 25.0 Å². The molecular weight excluding hydrogens is 254 g/mol. The minimum atomic E-state index is -1.94. The maximum atomic E-state index is 11.6. The zero-order valence-corrected chi connectivity index (χ0v) is 11.8. The largest absolute Gasteiger partial charge is 0.412 e. The molecule has 1 aliphatic carbocycles. The molecule has 6 nitrogen and oxygen atoms in total. The number of hydroxylamine groups is 2. The smallest absolute Gasteiger partial charge is 0.278 e. The molecule has 2 aliphatic rings. The number of carbonyl (C=O) groups is 2. The van der Waals surface area contributed by atoms with Crippen LogP contribution in [0.1, 0.15) is 19.3 Å². The van der Waals surface area contributed by atoms with E-state index in [1.165, 1.54) is 0 Å². The summed E-state index contributed by atoms with van der Waals surface area (Å²) in [6.07, 6.45) is -1.22. The molecule has 18 heavy (non-hydrogen) atoms. The number of β-lactam (4-membered cyclic amide) rings is 1. The van der Waals surface area contributed by atoms with Crippen LogP contribution in [0, 0.1) is 0 Å². The first-order valence-corrected chi connectivity index (χ1v) is 9.50. The van der Waals surface area contributed by atoms with Crippen LogP contribution in [0.15, 0.2) is 0 Å². The van der Waals surface area contributed by atoms with Crippen molar-refractivity contribution in [3.63, 3.8) is 0 Å². The second-order valence-electron chi connectivity index (χ2n) is 6.01. The second-order valence-corrected chi connectivity index (χ2v) is 10.5. The molecular formula is C11H19NO5Si. The van der Waals surface area contributed by atoms with Crippen molar-refractivity contribution >= 4 is 20.0 Å². The summed E-state index contributed by atoms with van der Waals surface area (Å²) in [5.41, 5.74) is -1.12. The minimum absolute atomic E-state index is 0.0452. The highest BCUT2D eigenvalue weighted by atomic mass is 28.4. The summed E-state index contributed by atoms with van der Waals surface area (Å²) in [6.45, 7) is 5.90. The van der Waals surface area contributed by atoms with E-state index >= 15 is 0 Å². The number of ketones is 1. The van der Waals surface area contributed by atoms with Gasteiger partial charge < -0.3 is 9.53 Å². The van der Waals surface area contributed by atoms with Crippen LogP contribution in [-0.4, -0.2) is 53.1 Å². The number of aliphatic hydroxyl groups excluding tert-OH is 1. The van der Waals surface area contributed by atoms with Crippen LogP contribution in [0.2, 0.25) is 19.6 Å². The fourth-order valence-electron chi connectivity index (χ4n) is 2.70. The van der Waals surface area contributed by atoms with E-state index in [0.717, 1.165) is 0 Å². The summed E-state index contributed by atoms with van der Waals surface area (Å²) >= 11 is 0. The van der Waals surface area contributed by atoms with Crippen molar-refractivity contribution < 1.29 is 24.3 Å². The number of carbonyl (C=O) groups excluding carboxylic acids is 2. The van der Waals surface area contributed by atoms with Gasteiger partial charge >= 0.3 is 0 Å². The summed E-state index contributed by atoms with van der Waals surface area (Å²) < 4.78 is 5.90. The maximum Gasteiger partial charge on any atom is 0.278 e. The lowest BCUT2D eigenvalue weighted by molar-refractivity contribution is -0.288. The summed E-state index contributed by atoms with van der Waals surface area (Å²) in [5, 5.41) is 20.2. The molecule has 2 fully saturated rings.